The average molecular weight is 301 g/mol. The highest BCUT2D eigenvalue weighted by Gasteiger charge is 2.22. The molecule has 6 nitrogen and oxygen atoms in total. The summed E-state index contributed by atoms with van der Waals surface area (Å²) in [6.45, 7) is 3.60. The van der Waals surface area contributed by atoms with Crippen LogP contribution in [0.25, 0.3) is 0 Å². The van der Waals surface area contributed by atoms with Crippen molar-refractivity contribution in [2.75, 3.05) is 6.54 Å². The molecule has 7 heteroatoms. The first-order chi connectivity index (χ1) is 9.26. The highest BCUT2D eigenvalue weighted by atomic mass is 35.5. The number of nitro groups is 1. The number of nitrogens with zero attached hydrogens (tertiary/aromatic N) is 1. The van der Waals surface area contributed by atoms with Crippen molar-refractivity contribution in [1.82, 2.24) is 5.32 Å². The Morgan fingerprint density at radius 1 is 1.55 bits per heavy atom. The lowest BCUT2D eigenvalue weighted by molar-refractivity contribution is -0.384. The molecule has 1 unspecified atom stereocenters. The second-order valence-electron chi connectivity index (χ2n) is 4.85. The van der Waals surface area contributed by atoms with E-state index in [1.165, 1.54) is 12.1 Å². The molecule has 0 heterocycles. The van der Waals surface area contributed by atoms with Crippen LogP contribution in [-0.2, 0) is 0 Å². The fraction of sp³-hybridized carbons (Fsp3) is 0.462. The van der Waals surface area contributed by atoms with Crippen LogP contribution in [0.2, 0.25) is 5.02 Å². The van der Waals surface area contributed by atoms with Gasteiger partial charge in [-0.3, -0.25) is 14.9 Å². The second kappa shape index (κ2) is 6.67. The van der Waals surface area contributed by atoms with Crippen molar-refractivity contribution in [1.29, 1.82) is 0 Å². The maximum Gasteiger partial charge on any atom is 0.270 e. The second-order valence-corrected chi connectivity index (χ2v) is 5.26. The minimum absolute atomic E-state index is 0.0214. The van der Waals surface area contributed by atoms with E-state index in [2.05, 4.69) is 5.32 Å². The van der Waals surface area contributed by atoms with Crippen molar-refractivity contribution in [2.24, 2.45) is 0 Å². The number of nitro benzene ring substituents is 1. The summed E-state index contributed by atoms with van der Waals surface area (Å²) in [5.74, 6) is -0.546. The number of non-ortho nitro benzene ring substituents is 1. The molecule has 110 valence electrons. The highest BCUT2D eigenvalue weighted by Crippen LogP contribution is 2.22. The van der Waals surface area contributed by atoms with Crippen LogP contribution in [0, 0.1) is 10.1 Å². The van der Waals surface area contributed by atoms with E-state index in [1.807, 2.05) is 6.92 Å². The first kappa shape index (κ1) is 16.4. The molecule has 0 aromatic heterocycles. The van der Waals surface area contributed by atoms with Gasteiger partial charge in [0.05, 0.1) is 21.1 Å². The SMILES string of the molecule is CCCC(C)(O)CNC(=O)c1cc([N+](=O)[O-])ccc1Cl. The summed E-state index contributed by atoms with van der Waals surface area (Å²) < 4.78 is 0. The number of aliphatic hydroxyl groups is 1. The number of hydrogen-bond acceptors (Lipinski definition) is 4. The zero-order valence-corrected chi connectivity index (χ0v) is 12.1. The Balaban J connectivity index is 2.82. The monoisotopic (exact) mass is 300 g/mol. The van der Waals surface area contributed by atoms with E-state index in [9.17, 15) is 20.0 Å². The van der Waals surface area contributed by atoms with E-state index >= 15 is 0 Å². The zero-order chi connectivity index (χ0) is 15.3. The molecule has 1 aromatic rings. The quantitative estimate of drug-likeness (QED) is 0.623. The normalized spacial score (nSPS) is 13.6. The topological polar surface area (TPSA) is 92.5 Å². The number of halogens is 1. The summed E-state index contributed by atoms with van der Waals surface area (Å²) in [6, 6.07) is 3.65. The number of amides is 1. The summed E-state index contributed by atoms with van der Waals surface area (Å²) in [5.41, 5.74) is -1.20. The smallest absolute Gasteiger partial charge is 0.270 e. The molecule has 1 amide bonds. The van der Waals surface area contributed by atoms with Gasteiger partial charge in [0.15, 0.2) is 0 Å². The Kier molecular flexibility index (Phi) is 5.47. The van der Waals surface area contributed by atoms with Gasteiger partial charge in [-0.05, 0) is 19.4 Å². The number of benzene rings is 1. The van der Waals surface area contributed by atoms with Gasteiger partial charge in [-0.25, -0.2) is 0 Å². The lowest BCUT2D eigenvalue weighted by atomic mass is 10.0. The molecule has 0 saturated carbocycles. The third kappa shape index (κ3) is 4.47. The third-order valence-electron chi connectivity index (χ3n) is 2.82. The molecule has 0 radical (unpaired) electrons. The number of carbonyl (C=O) groups is 1. The van der Waals surface area contributed by atoms with Crippen LogP contribution < -0.4 is 5.32 Å². The predicted molar refractivity (Wildman–Crippen MR) is 76.0 cm³/mol. The van der Waals surface area contributed by atoms with E-state index in [1.54, 1.807) is 6.92 Å². The largest absolute Gasteiger partial charge is 0.388 e. The Bertz CT molecular complexity index is 517. The molecule has 1 aromatic carbocycles. The molecule has 2 N–H and O–H groups in total. The fourth-order valence-electron chi connectivity index (χ4n) is 1.79. The molecule has 0 spiro atoms. The molecule has 0 bridgehead atoms. The Hall–Kier alpha value is -1.66. The zero-order valence-electron chi connectivity index (χ0n) is 11.4. The van der Waals surface area contributed by atoms with Gasteiger partial charge in [-0.2, -0.15) is 0 Å². The van der Waals surface area contributed by atoms with Crippen LogP contribution in [0.5, 0.6) is 0 Å². The molecular weight excluding hydrogens is 284 g/mol. The third-order valence-corrected chi connectivity index (χ3v) is 3.15. The summed E-state index contributed by atoms with van der Waals surface area (Å²) in [4.78, 5) is 22.0. The average Bonchev–Trinajstić information content (AvgIpc) is 2.36. The molecule has 0 fully saturated rings. The standard InChI is InChI=1S/C13H17ClN2O4/c1-3-6-13(2,18)8-15-12(17)10-7-9(16(19)20)4-5-11(10)14/h4-5,7,18H,3,6,8H2,1-2H3,(H,15,17). The molecule has 1 rings (SSSR count). The van der Waals surface area contributed by atoms with Crippen molar-refractivity contribution < 1.29 is 14.8 Å². The molecular formula is C13H17ClN2O4. The van der Waals surface area contributed by atoms with Gasteiger partial charge in [0, 0.05) is 18.7 Å². The minimum Gasteiger partial charge on any atom is -0.388 e. The van der Waals surface area contributed by atoms with Crippen molar-refractivity contribution in [3.8, 4) is 0 Å². The van der Waals surface area contributed by atoms with Crippen molar-refractivity contribution >= 4 is 23.2 Å². The number of hydrogen-bond donors (Lipinski definition) is 2. The van der Waals surface area contributed by atoms with E-state index < -0.39 is 16.4 Å². The molecule has 0 aliphatic rings. The van der Waals surface area contributed by atoms with E-state index in [-0.39, 0.29) is 22.8 Å². The van der Waals surface area contributed by atoms with Crippen LogP contribution in [0.1, 0.15) is 37.0 Å². The lowest BCUT2D eigenvalue weighted by Crippen LogP contribution is -2.40. The van der Waals surface area contributed by atoms with Gasteiger partial charge >= 0.3 is 0 Å². The first-order valence-electron chi connectivity index (χ1n) is 6.21. The fourth-order valence-corrected chi connectivity index (χ4v) is 2.00. The van der Waals surface area contributed by atoms with Crippen LogP contribution >= 0.6 is 11.6 Å². The van der Waals surface area contributed by atoms with Gasteiger partial charge in [-0.15, -0.1) is 0 Å². The number of carbonyl (C=O) groups excluding carboxylic acids is 1. The van der Waals surface area contributed by atoms with Gasteiger partial charge in [0.25, 0.3) is 11.6 Å². The van der Waals surface area contributed by atoms with E-state index in [4.69, 9.17) is 11.6 Å². The summed E-state index contributed by atoms with van der Waals surface area (Å²) in [5, 5.41) is 23.3. The summed E-state index contributed by atoms with van der Waals surface area (Å²) in [6.07, 6.45) is 1.32. The van der Waals surface area contributed by atoms with Gasteiger partial charge in [0.1, 0.15) is 0 Å². The van der Waals surface area contributed by atoms with Crippen molar-refractivity contribution in [2.45, 2.75) is 32.3 Å². The minimum atomic E-state index is -1.02. The highest BCUT2D eigenvalue weighted by molar-refractivity contribution is 6.33. The van der Waals surface area contributed by atoms with Crippen molar-refractivity contribution in [3.63, 3.8) is 0 Å². The van der Waals surface area contributed by atoms with Gasteiger partial charge < -0.3 is 10.4 Å². The predicted octanol–water partition coefficient (Wildman–Crippen LogP) is 2.53. The maximum atomic E-state index is 12.0. The first-order valence-corrected chi connectivity index (χ1v) is 6.59. The summed E-state index contributed by atoms with van der Waals surface area (Å²) >= 11 is 5.86. The number of nitrogens with one attached hydrogen (secondary N) is 1. The van der Waals surface area contributed by atoms with Crippen LogP contribution in [0.15, 0.2) is 18.2 Å². The van der Waals surface area contributed by atoms with Gasteiger partial charge in [-0.1, -0.05) is 24.9 Å². The van der Waals surface area contributed by atoms with Crippen LogP contribution in [-0.4, -0.2) is 28.1 Å². The summed E-state index contributed by atoms with van der Waals surface area (Å²) in [7, 11) is 0. The van der Waals surface area contributed by atoms with Crippen LogP contribution in [0.4, 0.5) is 5.69 Å². The Morgan fingerprint density at radius 2 is 2.20 bits per heavy atom. The van der Waals surface area contributed by atoms with E-state index in [0.717, 1.165) is 12.5 Å². The Labute approximate surface area is 121 Å². The molecule has 0 aliphatic heterocycles. The van der Waals surface area contributed by atoms with Crippen LogP contribution in [0.3, 0.4) is 0 Å². The molecule has 0 saturated heterocycles. The Morgan fingerprint density at radius 3 is 2.75 bits per heavy atom. The van der Waals surface area contributed by atoms with Gasteiger partial charge in [0.2, 0.25) is 0 Å². The lowest BCUT2D eigenvalue weighted by Gasteiger charge is -2.23. The van der Waals surface area contributed by atoms with E-state index in [0.29, 0.717) is 6.42 Å². The number of rotatable bonds is 6. The molecule has 20 heavy (non-hydrogen) atoms. The van der Waals surface area contributed by atoms with Crippen molar-refractivity contribution in [3.05, 3.63) is 38.9 Å². The molecule has 1 atom stereocenters. The maximum absolute atomic E-state index is 12.0. The molecule has 0 aliphatic carbocycles.